The molecule has 0 unspecified atom stereocenters. The summed E-state index contributed by atoms with van der Waals surface area (Å²) in [7, 11) is 1.64. The van der Waals surface area contributed by atoms with E-state index < -0.39 is 0 Å². The number of nitrogens with zero attached hydrogens (tertiary/aromatic N) is 5. The molecule has 0 saturated carbocycles. The first kappa shape index (κ1) is 30.7. The van der Waals surface area contributed by atoms with Gasteiger partial charge in [-0.25, -0.2) is 4.68 Å². The van der Waals surface area contributed by atoms with Gasteiger partial charge in [0.15, 0.2) is 5.16 Å². The highest BCUT2D eigenvalue weighted by molar-refractivity contribution is 7.99. The van der Waals surface area contributed by atoms with E-state index in [1.807, 2.05) is 22.8 Å². The fourth-order valence-corrected chi connectivity index (χ4v) is 5.94. The Morgan fingerprint density at radius 3 is 2.56 bits per heavy atom. The third kappa shape index (κ3) is 8.40. The maximum atomic E-state index is 12.5. The van der Waals surface area contributed by atoms with Gasteiger partial charge in [0.1, 0.15) is 12.1 Å². The van der Waals surface area contributed by atoms with E-state index in [9.17, 15) is 14.4 Å². The molecule has 0 aliphatic carbocycles. The van der Waals surface area contributed by atoms with Crippen LogP contribution < -0.4 is 10.9 Å². The van der Waals surface area contributed by atoms with Crippen LogP contribution in [-0.2, 0) is 29.6 Å². The third-order valence-electron chi connectivity index (χ3n) is 6.61. The lowest BCUT2D eigenvalue weighted by atomic mass is 10.1. The van der Waals surface area contributed by atoms with Crippen LogP contribution in [0.1, 0.15) is 56.5 Å². The minimum atomic E-state index is -0.144. The molecular formula is C29H32Cl2N6O3S. The van der Waals surface area contributed by atoms with Gasteiger partial charge >= 0.3 is 0 Å². The number of benzene rings is 2. The van der Waals surface area contributed by atoms with E-state index in [1.165, 1.54) is 4.68 Å². The molecule has 0 atom stereocenters. The van der Waals surface area contributed by atoms with E-state index in [1.54, 1.807) is 43.1 Å². The molecule has 2 aromatic heterocycles. The quantitative estimate of drug-likeness (QED) is 0.0980. The van der Waals surface area contributed by atoms with Gasteiger partial charge in [0, 0.05) is 42.6 Å². The Bertz CT molecular complexity index is 1570. The van der Waals surface area contributed by atoms with E-state index in [4.69, 9.17) is 23.2 Å². The smallest absolute Gasteiger partial charge is 0.274 e. The molecule has 216 valence electrons. The SMILES string of the molecule is Cn1nc(Cc2nnc(SCCCCCCCC(=O)Nc3ccc(Cl)cc3Cl)n2CCC=O)c2ccccc2c1=O. The van der Waals surface area contributed by atoms with Crippen LogP contribution in [0.3, 0.4) is 0 Å². The van der Waals surface area contributed by atoms with Crippen molar-refractivity contribution in [2.75, 3.05) is 11.1 Å². The number of halogens is 2. The largest absolute Gasteiger partial charge is 0.325 e. The number of thioether (sulfide) groups is 1. The number of hydrogen-bond donors (Lipinski definition) is 1. The number of amides is 1. The van der Waals surface area contributed by atoms with Crippen molar-refractivity contribution < 1.29 is 9.59 Å². The van der Waals surface area contributed by atoms with E-state index in [0.29, 0.717) is 52.8 Å². The van der Waals surface area contributed by atoms with E-state index in [2.05, 4.69) is 20.6 Å². The summed E-state index contributed by atoms with van der Waals surface area (Å²) in [5.41, 5.74) is 1.17. The number of aryl methyl sites for hydroxylation is 1. The van der Waals surface area contributed by atoms with Gasteiger partial charge in [0.25, 0.3) is 5.56 Å². The van der Waals surface area contributed by atoms with E-state index >= 15 is 0 Å². The van der Waals surface area contributed by atoms with Crippen molar-refractivity contribution in [2.45, 2.75) is 63.1 Å². The average molecular weight is 616 g/mol. The zero-order chi connectivity index (χ0) is 29.2. The molecule has 0 spiro atoms. The van der Waals surface area contributed by atoms with Crippen LogP contribution in [0.2, 0.25) is 10.0 Å². The summed E-state index contributed by atoms with van der Waals surface area (Å²) >= 11 is 13.6. The molecule has 0 aliphatic heterocycles. The number of nitrogens with one attached hydrogen (secondary N) is 1. The number of carbonyl (C=O) groups is 2. The maximum Gasteiger partial charge on any atom is 0.274 e. The minimum absolute atomic E-state index is 0.0591. The van der Waals surface area contributed by atoms with Gasteiger partial charge in [-0.3, -0.25) is 9.59 Å². The molecule has 4 aromatic rings. The second-order valence-electron chi connectivity index (χ2n) is 9.64. The number of carbonyl (C=O) groups excluding carboxylic acids is 2. The summed E-state index contributed by atoms with van der Waals surface area (Å²) in [4.78, 5) is 35.8. The molecule has 2 heterocycles. The van der Waals surface area contributed by atoms with Gasteiger partial charge in [-0.1, -0.05) is 72.4 Å². The standard InChI is InChI=1S/C29H32Cl2N6O3S/c1-36-28(40)22-11-7-6-10-21(22)25(35-36)19-26-33-34-29(37(26)15-9-16-38)41-17-8-4-2-3-5-12-27(39)32-24-14-13-20(30)18-23(24)31/h6-7,10-11,13-14,16,18H,2-5,8-9,12,15,17,19H2,1H3,(H,32,39). The van der Waals surface area contributed by atoms with Gasteiger partial charge in [-0.2, -0.15) is 5.10 Å². The highest BCUT2D eigenvalue weighted by Gasteiger charge is 2.16. The predicted octanol–water partition coefficient (Wildman–Crippen LogP) is 6.08. The maximum absolute atomic E-state index is 12.5. The molecule has 0 radical (unpaired) electrons. The Morgan fingerprint density at radius 1 is 1.02 bits per heavy atom. The van der Waals surface area contributed by atoms with Gasteiger partial charge in [0.2, 0.25) is 5.91 Å². The first-order valence-electron chi connectivity index (χ1n) is 13.6. The van der Waals surface area contributed by atoms with Gasteiger partial charge in [0.05, 0.1) is 28.2 Å². The second-order valence-corrected chi connectivity index (χ2v) is 11.5. The van der Waals surface area contributed by atoms with Crippen LogP contribution in [-0.4, -0.2) is 42.5 Å². The first-order chi connectivity index (χ1) is 19.9. The fraction of sp³-hybridized carbons (Fsp3) is 0.379. The molecule has 0 saturated heterocycles. The topological polar surface area (TPSA) is 112 Å². The summed E-state index contributed by atoms with van der Waals surface area (Å²) in [5.74, 6) is 1.52. The van der Waals surface area contributed by atoms with Crippen LogP contribution in [0.15, 0.2) is 52.4 Å². The Morgan fingerprint density at radius 2 is 1.78 bits per heavy atom. The van der Waals surface area contributed by atoms with E-state index in [-0.39, 0.29) is 11.5 Å². The summed E-state index contributed by atoms with van der Waals surface area (Å²) in [6.45, 7) is 0.487. The molecule has 2 aromatic carbocycles. The highest BCUT2D eigenvalue weighted by Crippen LogP contribution is 2.26. The lowest BCUT2D eigenvalue weighted by molar-refractivity contribution is -0.116. The van der Waals surface area contributed by atoms with Gasteiger partial charge in [-0.15, -0.1) is 10.2 Å². The molecule has 0 bridgehead atoms. The number of fused-ring (bicyclic) bond motifs is 1. The van der Waals surface area contributed by atoms with E-state index in [0.717, 1.165) is 60.4 Å². The van der Waals surface area contributed by atoms with Gasteiger partial charge < -0.3 is 14.7 Å². The second kappa shape index (κ2) is 15.1. The summed E-state index contributed by atoms with van der Waals surface area (Å²) in [6.07, 6.45) is 6.94. The normalized spacial score (nSPS) is 11.2. The molecule has 9 nitrogen and oxygen atoms in total. The molecule has 41 heavy (non-hydrogen) atoms. The van der Waals surface area contributed by atoms with Crippen molar-refractivity contribution in [2.24, 2.45) is 7.05 Å². The van der Waals surface area contributed by atoms with Crippen molar-refractivity contribution in [3.05, 3.63) is 74.4 Å². The van der Waals surface area contributed by atoms with Crippen LogP contribution in [0.25, 0.3) is 10.8 Å². The van der Waals surface area contributed by atoms with Crippen LogP contribution >= 0.6 is 35.0 Å². The molecule has 4 rings (SSSR count). The molecule has 0 aliphatic rings. The number of aldehydes is 1. The number of anilines is 1. The number of aromatic nitrogens is 5. The number of rotatable bonds is 15. The third-order valence-corrected chi connectivity index (χ3v) is 8.21. The Labute approximate surface area is 252 Å². The van der Waals surface area contributed by atoms with Crippen molar-refractivity contribution in [1.29, 1.82) is 0 Å². The van der Waals surface area contributed by atoms with Crippen molar-refractivity contribution in [1.82, 2.24) is 24.5 Å². The summed E-state index contributed by atoms with van der Waals surface area (Å²) in [6, 6.07) is 12.4. The van der Waals surface area contributed by atoms with Crippen molar-refractivity contribution in [3.63, 3.8) is 0 Å². The Kier molecular flexibility index (Phi) is 11.4. The Hall–Kier alpha value is -3.21. The lowest BCUT2D eigenvalue weighted by Crippen LogP contribution is -2.22. The van der Waals surface area contributed by atoms with Gasteiger partial charge in [-0.05, 0) is 37.1 Å². The fourth-order valence-electron chi connectivity index (χ4n) is 4.50. The predicted molar refractivity (Wildman–Crippen MR) is 164 cm³/mol. The zero-order valence-electron chi connectivity index (χ0n) is 22.8. The molecule has 12 heteroatoms. The highest BCUT2D eigenvalue weighted by atomic mass is 35.5. The zero-order valence-corrected chi connectivity index (χ0v) is 25.1. The number of unbranched alkanes of at least 4 members (excludes halogenated alkanes) is 4. The minimum Gasteiger partial charge on any atom is -0.325 e. The average Bonchev–Trinajstić information content (AvgIpc) is 3.34. The summed E-state index contributed by atoms with van der Waals surface area (Å²) < 4.78 is 3.33. The van der Waals surface area contributed by atoms with Crippen LogP contribution in [0.5, 0.6) is 0 Å². The molecular weight excluding hydrogens is 583 g/mol. The molecule has 0 fully saturated rings. The van der Waals surface area contributed by atoms with Crippen molar-refractivity contribution in [3.8, 4) is 0 Å². The monoisotopic (exact) mass is 614 g/mol. The number of hydrogen-bond acceptors (Lipinski definition) is 7. The lowest BCUT2D eigenvalue weighted by Gasteiger charge is -2.10. The molecule has 1 amide bonds. The van der Waals surface area contributed by atoms with Crippen molar-refractivity contribution >= 4 is 63.6 Å². The molecule has 1 N–H and O–H groups in total. The van der Waals surface area contributed by atoms with Crippen LogP contribution in [0.4, 0.5) is 5.69 Å². The Balaban J connectivity index is 1.24. The first-order valence-corrected chi connectivity index (χ1v) is 15.3. The van der Waals surface area contributed by atoms with Crippen LogP contribution in [0, 0.1) is 0 Å². The summed E-state index contributed by atoms with van der Waals surface area (Å²) in [5, 5.41) is 19.3.